The van der Waals surface area contributed by atoms with Crippen molar-refractivity contribution in [1.82, 2.24) is 14.5 Å². The summed E-state index contributed by atoms with van der Waals surface area (Å²) in [7, 11) is 5.55. The topological polar surface area (TPSA) is 238 Å². The number of amides is 1. The number of aryl methyl sites for hydroxylation is 1. The number of hydrogen-bond donors (Lipinski definition) is 7. The number of anilines is 2. The summed E-state index contributed by atoms with van der Waals surface area (Å²) in [6.07, 6.45) is -4.54. The van der Waals surface area contributed by atoms with E-state index in [2.05, 4.69) is 60.2 Å². The monoisotopic (exact) mass is 800 g/mol. The Kier molecular flexibility index (Phi) is 13.3. The molecule has 58 heavy (non-hydrogen) atoms. The molecule has 2 aromatic heterocycles. The van der Waals surface area contributed by atoms with Crippen molar-refractivity contribution in [3.05, 3.63) is 88.7 Å². The molecule has 1 saturated heterocycles. The highest BCUT2D eigenvalue weighted by Crippen LogP contribution is 2.33. The number of fused-ring (bicyclic) bond motifs is 3. The van der Waals surface area contributed by atoms with Crippen LogP contribution in [0.15, 0.2) is 60.7 Å². The number of quaternary nitrogens is 1. The Hall–Kier alpha value is -5.20. The second-order valence-corrected chi connectivity index (χ2v) is 15.4. The number of nitrogens with two attached hydrogens (primary N) is 2. The van der Waals surface area contributed by atoms with Gasteiger partial charge in [0.25, 0.3) is 0 Å². The Balaban J connectivity index is 1.21. The second-order valence-electron chi connectivity index (χ2n) is 15.4. The van der Waals surface area contributed by atoms with Gasteiger partial charge in [-0.15, -0.1) is 0 Å². The molecular weight excluding hydrogens is 747 g/mol. The van der Waals surface area contributed by atoms with Gasteiger partial charge in [-0.3, -0.25) is 4.79 Å². The van der Waals surface area contributed by atoms with Crippen LogP contribution in [0.3, 0.4) is 0 Å². The van der Waals surface area contributed by atoms with Crippen LogP contribution >= 0.6 is 0 Å². The molecule has 9 N–H and O–H groups in total. The van der Waals surface area contributed by atoms with Gasteiger partial charge in [0.05, 0.1) is 50.1 Å². The number of imidazole rings is 1. The molecule has 16 nitrogen and oxygen atoms in total. The van der Waals surface area contributed by atoms with Crippen LogP contribution in [-0.2, 0) is 40.3 Å². The van der Waals surface area contributed by atoms with E-state index in [1.54, 1.807) is 24.3 Å². The normalized spacial score (nSPS) is 19.7. The van der Waals surface area contributed by atoms with Gasteiger partial charge in [-0.2, -0.15) is 0 Å². The molecule has 310 valence electrons. The van der Waals surface area contributed by atoms with Crippen molar-refractivity contribution in [2.45, 2.75) is 82.9 Å². The number of ether oxygens (including phenoxy) is 3. The standard InChI is InChI=1S/C42H53N7O9/c1-5-6-7-33-47-35-36(28-14-13-27(41(55)56-4)19-29(28)46-40(35)44)48(33)20-24-8-10-25(11-9-24)21-49(2,3)22-26-12-15-31(30(18-26)45-34(51)16-17-43)57-42-39(54)38(53)37(52)32(23-50)58-42/h8-15,18-19,32,37-39,42,50,52-54H,5-7,16-17,20-23,43H2,1-4H3,(H2-,44,45,46,51)/p+1/t32-,37-,38+,39+,42+/m1/s1. The largest absolute Gasteiger partial charge is 0.465 e. The van der Waals surface area contributed by atoms with E-state index >= 15 is 0 Å². The molecule has 5 aromatic rings. The van der Waals surface area contributed by atoms with Gasteiger partial charge in [0.1, 0.15) is 54.6 Å². The minimum Gasteiger partial charge on any atom is -0.465 e. The highest BCUT2D eigenvalue weighted by molar-refractivity contribution is 6.08. The van der Waals surface area contributed by atoms with Crippen LogP contribution in [0.5, 0.6) is 5.75 Å². The highest BCUT2D eigenvalue weighted by Gasteiger charge is 2.45. The Morgan fingerprint density at radius 1 is 0.948 bits per heavy atom. The Morgan fingerprint density at radius 2 is 1.66 bits per heavy atom. The summed E-state index contributed by atoms with van der Waals surface area (Å²) in [5.41, 5.74) is 18.0. The number of aliphatic hydroxyl groups is 4. The SMILES string of the molecule is CCCCc1nc2c(N)nc3cc(C(=O)OC)ccc3c2n1Cc1ccc(C[N+](C)(C)Cc2ccc(O[C@H]3O[C@H](CO)[C@@H](O)[C@H](O)[C@@H]3O)c(NC(=O)CCN)c2)cc1. The minimum absolute atomic E-state index is 0.0676. The molecule has 1 amide bonds. The molecular formula is C42H54N7O9+. The molecule has 0 bridgehead atoms. The van der Waals surface area contributed by atoms with Crippen molar-refractivity contribution in [1.29, 1.82) is 0 Å². The van der Waals surface area contributed by atoms with Crippen molar-refractivity contribution in [3.63, 3.8) is 0 Å². The van der Waals surface area contributed by atoms with Gasteiger partial charge in [-0.05, 0) is 48.4 Å². The molecule has 6 rings (SSSR count). The molecule has 0 radical (unpaired) electrons. The molecule has 0 unspecified atom stereocenters. The molecule has 0 spiro atoms. The van der Waals surface area contributed by atoms with E-state index in [1.165, 1.54) is 7.11 Å². The third-order valence-corrected chi connectivity index (χ3v) is 10.3. The summed E-state index contributed by atoms with van der Waals surface area (Å²) >= 11 is 0. The zero-order valence-corrected chi connectivity index (χ0v) is 33.3. The summed E-state index contributed by atoms with van der Waals surface area (Å²) in [6.45, 7) is 3.49. The number of nitrogen functional groups attached to an aromatic ring is 1. The lowest BCUT2D eigenvalue weighted by Gasteiger charge is -2.39. The number of methoxy groups -OCH3 is 1. The Bertz CT molecular complexity index is 2240. The predicted octanol–water partition coefficient (Wildman–Crippen LogP) is 2.59. The zero-order chi connectivity index (χ0) is 41.7. The number of aromatic nitrogens is 3. The van der Waals surface area contributed by atoms with Gasteiger partial charge in [0, 0.05) is 42.4 Å². The van der Waals surface area contributed by atoms with Crippen molar-refractivity contribution in [3.8, 4) is 5.75 Å². The fourth-order valence-electron chi connectivity index (χ4n) is 7.39. The van der Waals surface area contributed by atoms with E-state index in [1.807, 2.05) is 12.1 Å². The van der Waals surface area contributed by atoms with E-state index < -0.39 is 43.3 Å². The Labute approximate surface area is 336 Å². The number of carbonyl (C=O) groups is 2. The number of benzene rings is 3. The third kappa shape index (κ3) is 9.40. The first kappa shape index (κ1) is 42.4. The van der Waals surface area contributed by atoms with Crippen LogP contribution in [0, 0.1) is 0 Å². The molecule has 1 aliphatic rings. The molecule has 1 fully saturated rings. The fourth-order valence-corrected chi connectivity index (χ4v) is 7.39. The van der Waals surface area contributed by atoms with Crippen LogP contribution in [-0.4, -0.2) is 116 Å². The van der Waals surface area contributed by atoms with Gasteiger partial charge in [0.2, 0.25) is 12.2 Å². The predicted molar refractivity (Wildman–Crippen MR) is 218 cm³/mol. The molecule has 3 aromatic carbocycles. The summed E-state index contributed by atoms with van der Waals surface area (Å²) in [6, 6.07) is 19.0. The van der Waals surface area contributed by atoms with Crippen molar-refractivity contribution in [2.75, 3.05) is 45.4 Å². The number of nitrogens with one attached hydrogen (secondary N) is 1. The van der Waals surface area contributed by atoms with E-state index in [0.717, 1.165) is 52.7 Å². The maximum absolute atomic E-state index is 12.7. The molecule has 0 saturated carbocycles. The van der Waals surface area contributed by atoms with Gasteiger partial charge in [-0.25, -0.2) is 14.8 Å². The summed E-state index contributed by atoms with van der Waals surface area (Å²) in [5, 5.41) is 44.3. The van der Waals surface area contributed by atoms with E-state index in [9.17, 15) is 30.0 Å². The molecule has 16 heteroatoms. The van der Waals surface area contributed by atoms with Gasteiger partial charge < -0.3 is 60.5 Å². The van der Waals surface area contributed by atoms with Crippen LogP contribution < -0.4 is 21.5 Å². The fraction of sp³-hybridized carbons (Fsp3) is 0.429. The van der Waals surface area contributed by atoms with Crippen molar-refractivity contribution in [2.24, 2.45) is 5.73 Å². The van der Waals surface area contributed by atoms with E-state index in [4.69, 9.17) is 30.7 Å². The van der Waals surface area contributed by atoms with Gasteiger partial charge in [-0.1, -0.05) is 37.6 Å². The summed E-state index contributed by atoms with van der Waals surface area (Å²) in [5.74, 6) is 0.600. The number of carbonyl (C=O) groups excluding carboxylic acids is 2. The lowest BCUT2D eigenvalue weighted by atomic mass is 9.99. The lowest BCUT2D eigenvalue weighted by molar-refractivity contribution is -0.916. The van der Waals surface area contributed by atoms with Gasteiger partial charge in [0.15, 0.2) is 5.82 Å². The molecule has 0 aliphatic carbocycles. The first-order valence-corrected chi connectivity index (χ1v) is 19.4. The lowest BCUT2D eigenvalue weighted by Crippen LogP contribution is -2.60. The number of esters is 1. The number of unbranched alkanes of at least 4 members (excludes halogenated alkanes) is 1. The first-order chi connectivity index (χ1) is 27.7. The van der Waals surface area contributed by atoms with E-state index in [-0.39, 0.29) is 24.6 Å². The molecule has 3 heterocycles. The number of pyridine rings is 1. The Morgan fingerprint density at radius 3 is 2.34 bits per heavy atom. The maximum Gasteiger partial charge on any atom is 0.337 e. The average Bonchev–Trinajstić information content (AvgIpc) is 3.56. The molecule has 5 atom stereocenters. The van der Waals surface area contributed by atoms with Crippen LogP contribution in [0.4, 0.5) is 11.5 Å². The average molecular weight is 801 g/mol. The van der Waals surface area contributed by atoms with Crippen molar-refractivity contribution < 1.29 is 48.7 Å². The number of rotatable bonds is 16. The summed E-state index contributed by atoms with van der Waals surface area (Å²) < 4.78 is 19.1. The molecule has 1 aliphatic heterocycles. The van der Waals surface area contributed by atoms with Gasteiger partial charge >= 0.3 is 5.97 Å². The highest BCUT2D eigenvalue weighted by atomic mass is 16.7. The quantitative estimate of drug-likeness (QED) is 0.0562. The maximum atomic E-state index is 12.7. The van der Waals surface area contributed by atoms with E-state index in [0.29, 0.717) is 52.2 Å². The smallest absolute Gasteiger partial charge is 0.337 e. The number of hydrogen-bond acceptors (Lipinski definition) is 13. The van der Waals surface area contributed by atoms with Crippen molar-refractivity contribution >= 4 is 45.3 Å². The summed E-state index contributed by atoms with van der Waals surface area (Å²) in [4.78, 5) is 34.5. The van der Waals surface area contributed by atoms with Crippen LogP contribution in [0.2, 0.25) is 0 Å². The minimum atomic E-state index is -1.62. The second kappa shape index (κ2) is 18.2. The number of aliphatic hydroxyl groups excluding tert-OH is 4. The third-order valence-electron chi connectivity index (χ3n) is 10.3. The number of nitrogens with zero attached hydrogens (tertiary/aromatic N) is 4. The zero-order valence-electron chi connectivity index (χ0n) is 33.3. The van der Waals surface area contributed by atoms with Crippen LogP contribution in [0.1, 0.15) is 59.1 Å². The first-order valence-electron chi connectivity index (χ1n) is 19.4. The van der Waals surface area contributed by atoms with Crippen LogP contribution in [0.25, 0.3) is 21.9 Å².